The Balaban J connectivity index is 3.89. The van der Waals surface area contributed by atoms with Crippen LogP contribution in [0.25, 0.3) is 0 Å². The molecule has 0 saturated heterocycles. The molecule has 0 aliphatic carbocycles. The van der Waals surface area contributed by atoms with Crippen molar-refractivity contribution in [2.75, 3.05) is 0 Å². The number of carbonyl (C=O) groups is 3. The van der Waals surface area contributed by atoms with E-state index < -0.39 is 5.91 Å². The third-order valence-electron chi connectivity index (χ3n) is 1.86. The highest BCUT2D eigenvalue weighted by molar-refractivity contribution is 5.80. The van der Waals surface area contributed by atoms with Gasteiger partial charge in [-0.3, -0.25) is 14.4 Å². The molecular formula is C10H19N3O3. The lowest BCUT2D eigenvalue weighted by molar-refractivity contribution is -0.123. The van der Waals surface area contributed by atoms with Crippen molar-refractivity contribution < 1.29 is 14.4 Å². The molecule has 0 bridgehead atoms. The Morgan fingerprint density at radius 3 is 2.00 bits per heavy atom. The maximum Gasteiger partial charge on any atom is 0.222 e. The molecule has 0 aromatic heterocycles. The van der Waals surface area contributed by atoms with Gasteiger partial charge in [0.1, 0.15) is 0 Å². The van der Waals surface area contributed by atoms with Gasteiger partial charge in [-0.15, -0.1) is 0 Å². The van der Waals surface area contributed by atoms with Crippen molar-refractivity contribution in [3.63, 3.8) is 0 Å². The van der Waals surface area contributed by atoms with E-state index in [1.54, 1.807) is 13.8 Å². The van der Waals surface area contributed by atoms with Crippen LogP contribution < -0.4 is 16.4 Å². The van der Waals surface area contributed by atoms with E-state index in [4.69, 9.17) is 5.73 Å². The Bertz CT molecular complexity index is 252. The molecule has 3 amide bonds. The molecule has 16 heavy (non-hydrogen) atoms. The Hall–Kier alpha value is -1.59. The van der Waals surface area contributed by atoms with Gasteiger partial charge in [0, 0.05) is 31.8 Å². The van der Waals surface area contributed by atoms with E-state index in [0.717, 1.165) is 0 Å². The number of hydrogen-bond acceptors (Lipinski definition) is 3. The van der Waals surface area contributed by atoms with E-state index in [-0.39, 0.29) is 36.7 Å². The number of amides is 3. The second kappa shape index (κ2) is 6.81. The van der Waals surface area contributed by atoms with Crippen molar-refractivity contribution in [3.05, 3.63) is 0 Å². The molecule has 6 nitrogen and oxygen atoms in total. The quantitative estimate of drug-likeness (QED) is 0.560. The highest BCUT2D eigenvalue weighted by Crippen LogP contribution is 1.94. The molecule has 0 aliphatic rings. The zero-order valence-electron chi connectivity index (χ0n) is 9.87. The van der Waals surface area contributed by atoms with Crippen LogP contribution in [0.2, 0.25) is 0 Å². The first-order chi connectivity index (χ1) is 7.31. The highest BCUT2D eigenvalue weighted by Gasteiger charge is 2.13. The molecule has 0 aromatic rings. The number of primary amides is 1. The fraction of sp³-hybridized carbons (Fsp3) is 0.700. The molecule has 4 N–H and O–H groups in total. The Labute approximate surface area is 94.9 Å². The Kier molecular flexibility index (Phi) is 6.14. The second-order valence-electron chi connectivity index (χ2n) is 3.94. The minimum atomic E-state index is -0.456. The molecule has 2 atom stereocenters. The van der Waals surface area contributed by atoms with Gasteiger partial charge in [0.05, 0.1) is 0 Å². The molecule has 92 valence electrons. The summed E-state index contributed by atoms with van der Waals surface area (Å²) in [5.41, 5.74) is 4.99. The zero-order valence-corrected chi connectivity index (χ0v) is 9.87. The third-order valence-corrected chi connectivity index (χ3v) is 1.86. The van der Waals surface area contributed by atoms with Gasteiger partial charge in [-0.2, -0.15) is 0 Å². The minimum absolute atomic E-state index is 0.111. The van der Waals surface area contributed by atoms with E-state index in [9.17, 15) is 14.4 Å². The molecule has 0 spiro atoms. The fourth-order valence-electron chi connectivity index (χ4n) is 1.36. The summed E-state index contributed by atoms with van der Waals surface area (Å²) in [4.78, 5) is 32.7. The first-order valence-corrected chi connectivity index (χ1v) is 5.16. The SMILES string of the molecule is CC(=O)N[C@H](C)CC(=O)N[C@@H](C)CC(N)=O. The molecule has 6 heteroatoms. The Morgan fingerprint density at radius 2 is 1.56 bits per heavy atom. The summed E-state index contributed by atoms with van der Waals surface area (Å²) in [6.07, 6.45) is 0.295. The first kappa shape index (κ1) is 14.4. The number of nitrogens with one attached hydrogen (secondary N) is 2. The summed E-state index contributed by atoms with van der Waals surface area (Å²) >= 11 is 0. The summed E-state index contributed by atoms with van der Waals surface area (Å²) in [6, 6.07) is -0.507. The van der Waals surface area contributed by atoms with Crippen molar-refractivity contribution in [2.45, 2.75) is 45.7 Å². The van der Waals surface area contributed by atoms with Gasteiger partial charge in [-0.1, -0.05) is 0 Å². The van der Waals surface area contributed by atoms with Gasteiger partial charge in [0.25, 0.3) is 0 Å². The largest absolute Gasteiger partial charge is 0.370 e. The molecule has 0 rings (SSSR count). The van der Waals surface area contributed by atoms with Crippen molar-refractivity contribution in [1.29, 1.82) is 0 Å². The topological polar surface area (TPSA) is 101 Å². The predicted octanol–water partition coefficient (Wildman–Crippen LogP) is -0.719. The summed E-state index contributed by atoms with van der Waals surface area (Å²) in [7, 11) is 0. The average molecular weight is 229 g/mol. The number of rotatable bonds is 6. The summed E-state index contributed by atoms with van der Waals surface area (Å²) in [5.74, 6) is -0.844. The van der Waals surface area contributed by atoms with E-state index in [0.29, 0.717) is 0 Å². The van der Waals surface area contributed by atoms with Crippen LogP contribution in [0.5, 0.6) is 0 Å². The van der Waals surface area contributed by atoms with Crippen molar-refractivity contribution in [1.82, 2.24) is 10.6 Å². The molecule has 0 aliphatic heterocycles. The van der Waals surface area contributed by atoms with E-state index in [2.05, 4.69) is 10.6 Å². The van der Waals surface area contributed by atoms with Crippen LogP contribution >= 0.6 is 0 Å². The van der Waals surface area contributed by atoms with Crippen LogP contribution in [0.1, 0.15) is 33.6 Å². The first-order valence-electron chi connectivity index (χ1n) is 5.16. The van der Waals surface area contributed by atoms with Crippen molar-refractivity contribution in [2.24, 2.45) is 5.73 Å². The van der Waals surface area contributed by atoms with Crippen LogP contribution in [-0.4, -0.2) is 29.8 Å². The lowest BCUT2D eigenvalue weighted by atomic mass is 10.2. The van der Waals surface area contributed by atoms with Gasteiger partial charge in [0.15, 0.2) is 0 Å². The Morgan fingerprint density at radius 1 is 1.06 bits per heavy atom. The summed E-state index contributed by atoms with van der Waals surface area (Å²) < 4.78 is 0. The van der Waals surface area contributed by atoms with Gasteiger partial charge < -0.3 is 16.4 Å². The van der Waals surface area contributed by atoms with Crippen LogP contribution in [0.4, 0.5) is 0 Å². The van der Waals surface area contributed by atoms with Crippen molar-refractivity contribution in [3.8, 4) is 0 Å². The molecular weight excluding hydrogens is 210 g/mol. The lowest BCUT2D eigenvalue weighted by Gasteiger charge is -2.15. The molecule has 0 saturated carbocycles. The molecule has 0 heterocycles. The van der Waals surface area contributed by atoms with Crippen LogP contribution in [0, 0.1) is 0 Å². The fourth-order valence-corrected chi connectivity index (χ4v) is 1.36. The predicted molar refractivity (Wildman–Crippen MR) is 59.3 cm³/mol. The monoisotopic (exact) mass is 229 g/mol. The second-order valence-corrected chi connectivity index (χ2v) is 3.94. The van der Waals surface area contributed by atoms with Crippen LogP contribution in [0.15, 0.2) is 0 Å². The van der Waals surface area contributed by atoms with E-state index in [1.807, 2.05) is 0 Å². The molecule has 0 unspecified atom stereocenters. The van der Waals surface area contributed by atoms with Gasteiger partial charge in [-0.05, 0) is 13.8 Å². The van der Waals surface area contributed by atoms with E-state index >= 15 is 0 Å². The maximum atomic E-state index is 11.4. The van der Waals surface area contributed by atoms with E-state index in [1.165, 1.54) is 6.92 Å². The number of carbonyl (C=O) groups excluding carboxylic acids is 3. The van der Waals surface area contributed by atoms with Gasteiger partial charge in [0.2, 0.25) is 17.7 Å². The normalized spacial score (nSPS) is 13.7. The average Bonchev–Trinajstić information content (AvgIpc) is 1.97. The van der Waals surface area contributed by atoms with Crippen molar-refractivity contribution >= 4 is 17.7 Å². The summed E-state index contributed by atoms with van der Waals surface area (Å²) in [6.45, 7) is 4.83. The minimum Gasteiger partial charge on any atom is -0.370 e. The van der Waals surface area contributed by atoms with Gasteiger partial charge in [-0.25, -0.2) is 0 Å². The van der Waals surface area contributed by atoms with Gasteiger partial charge >= 0.3 is 0 Å². The van der Waals surface area contributed by atoms with Crippen LogP contribution in [0.3, 0.4) is 0 Å². The summed E-state index contributed by atoms with van der Waals surface area (Å²) in [5, 5.41) is 5.22. The molecule has 0 fully saturated rings. The standard InChI is InChI=1S/C10H19N3O3/c1-6(4-9(11)15)13-10(16)5-7(2)12-8(3)14/h6-7H,4-5H2,1-3H3,(H2,11,15)(H,12,14)(H,13,16)/t6-,7+/m0/s1. The third kappa shape index (κ3) is 7.78. The molecule has 0 aromatic carbocycles. The zero-order chi connectivity index (χ0) is 12.7. The highest BCUT2D eigenvalue weighted by atomic mass is 16.2. The lowest BCUT2D eigenvalue weighted by Crippen LogP contribution is -2.40. The maximum absolute atomic E-state index is 11.4. The smallest absolute Gasteiger partial charge is 0.222 e. The number of hydrogen-bond donors (Lipinski definition) is 3. The number of nitrogens with two attached hydrogens (primary N) is 1. The molecule has 0 radical (unpaired) electrons. The van der Waals surface area contributed by atoms with Crippen LogP contribution in [-0.2, 0) is 14.4 Å².